The molecule has 1 aliphatic carbocycles. The van der Waals surface area contributed by atoms with Crippen molar-refractivity contribution >= 4 is 23.3 Å². The summed E-state index contributed by atoms with van der Waals surface area (Å²) in [6, 6.07) is 11.8. The minimum Gasteiger partial charge on any atom is -0.493 e. The zero-order valence-corrected chi connectivity index (χ0v) is 17.4. The van der Waals surface area contributed by atoms with E-state index in [0.717, 1.165) is 23.4 Å². The second-order valence-corrected chi connectivity index (χ2v) is 7.68. The molecule has 6 heteroatoms. The molecule has 1 heterocycles. The van der Waals surface area contributed by atoms with E-state index in [-0.39, 0.29) is 23.8 Å². The molecule has 0 radical (unpaired) electrons. The summed E-state index contributed by atoms with van der Waals surface area (Å²) in [5.41, 5.74) is 4.16. The van der Waals surface area contributed by atoms with Crippen molar-refractivity contribution in [1.82, 2.24) is 0 Å². The van der Waals surface area contributed by atoms with E-state index in [2.05, 4.69) is 28.9 Å². The van der Waals surface area contributed by atoms with Gasteiger partial charge < -0.3 is 20.1 Å². The van der Waals surface area contributed by atoms with Crippen LogP contribution in [0.2, 0.25) is 0 Å². The van der Waals surface area contributed by atoms with Crippen LogP contribution in [0, 0.1) is 5.92 Å². The highest BCUT2D eigenvalue weighted by Gasteiger charge is 2.38. The first-order valence-corrected chi connectivity index (χ1v) is 10.2. The number of ether oxygens (including phenoxy) is 2. The molecule has 0 saturated carbocycles. The number of carbonyl (C=O) groups is 2. The van der Waals surface area contributed by atoms with Crippen LogP contribution in [0.1, 0.15) is 49.8 Å². The fourth-order valence-corrected chi connectivity index (χ4v) is 4.37. The van der Waals surface area contributed by atoms with Gasteiger partial charge in [-0.25, -0.2) is 0 Å². The first-order valence-electron chi connectivity index (χ1n) is 10.2. The van der Waals surface area contributed by atoms with Crippen molar-refractivity contribution in [3.8, 4) is 11.5 Å². The Morgan fingerprint density at radius 2 is 2.00 bits per heavy atom. The summed E-state index contributed by atoms with van der Waals surface area (Å²) in [6.45, 7) is 3.22. The Balaban J connectivity index is 1.66. The molecule has 6 nitrogen and oxygen atoms in total. The van der Waals surface area contributed by atoms with Crippen LogP contribution >= 0.6 is 0 Å². The number of hydrogen-bond acceptors (Lipinski definition) is 5. The third kappa shape index (κ3) is 3.77. The number of anilines is 2. The van der Waals surface area contributed by atoms with Crippen molar-refractivity contribution in [3.63, 3.8) is 0 Å². The number of fused-ring (bicyclic) bond motifs is 3. The number of hydrogen-bond donors (Lipinski definition) is 2. The molecule has 0 saturated heterocycles. The van der Waals surface area contributed by atoms with Crippen molar-refractivity contribution < 1.29 is 19.1 Å². The van der Waals surface area contributed by atoms with Crippen LogP contribution in [0.25, 0.3) is 0 Å². The zero-order valence-electron chi connectivity index (χ0n) is 17.4. The summed E-state index contributed by atoms with van der Waals surface area (Å²) in [5, 5.41) is 6.63. The smallest absolute Gasteiger partial charge is 0.308 e. The second-order valence-electron chi connectivity index (χ2n) is 7.68. The van der Waals surface area contributed by atoms with Crippen LogP contribution in [0.15, 0.2) is 48.6 Å². The predicted octanol–water partition coefficient (Wildman–Crippen LogP) is 4.80. The highest BCUT2D eigenvalue weighted by molar-refractivity contribution is 5.91. The normalized spacial score (nSPS) is 21.2. The molecule has 1 aliphatic heterocycles. The van der Waals surface area contributed by atoms with Gasteiger partial charge in [-0.3, -0.25) is 9.59 Å². The van der Waals surface area contributed by atoms with Crippen LogP contribution in [-0.4, -0.2) is 19.0 Å². The van der Waals surface area contributed by atoms with E-state index in [0.29, 0.717) is 23.8 Å². The molecule has 4 rings (SSSR count). The number of rotatable bonds is 5. The molecule has 30 heavy (non-hydrogen) atoms. The molecule has 2 aromatic carbocycles. The number of benzene rings is 2. The molecule has 156 valence electrons. The monoisotopic (exact) mass is 406 g/mol. The van der Waals surface area contributed by atoms with E-state index >= 15 is 0 Å². The maximum absolute atomic E-state index is 11.8. The topological polar surface area (TPSA) is 76.7 Å². The molecule has 2 N–H and O–H groups in total. The van der Waals surface area contributed by atoms with Crippen LogP contribution in [0.5, 0.6) is 11.5 Å². The molecule has 2 aliphatic rings. The maximum Gasteiger partial charge on any atom is 0.308 e. The molecule has 0 bridgehead atoms. The summed E-state index contributed by atoms with van der Waals surface area (Å²) in [6.07, 6.45) is 5.89. The molecule has 0 spiro atoms. The fraction of sp³-hybridized carbons (Fsp3) is 0.333. The third-order valence-electron chi connectivity index (χ3n) is 5.77. The van der Waals surface area contributed by atoms with Gasteiger partial charge in [0.15, 0.2) is 11.5 Å². The van der Waals surface area contributed by atoms with Gasteiger partial charge in [-0.2, -0.15) is 0 Å². The highest BCUT2D eigenvalue weighted by Crippen LogP contribution is 2.51. The van der Waals surface area contributed by atoms with Crippen molar-refractivity contribution in [3.05, 3.63) is 59.7 Å². The van der Waals surface area contributed by atoms with Gasteiger partial charge in [-0.1, -0.05) is 25.1 Å². The Labute approximate surface area is 176 Å². The lowest BCUT2D eigenvalue weighted by molar-refractivity contribution is -0.132. The summed E-state index contributed by atoms with van der Waals surface area (Å²) >= 11 is 0. The van der Waals surface area contributed by atoms with Gasteiger partial charge in [-0.05, 0) is 53.8 Å². The van der Waals surface area contributed by atoms with Gasteiger partial charge >= 0.3 is 5.97 Å². The number of methoxy groups -OCH3 is 1. The third-order valence-corrected chi connectivity index (χ3v) is 5.77. The van der Waals surface area contributed by atoms with Gasteiger partial charge in [0.25, 0.3) is 0 Å². The Bertz CT molecular complexity index is 1010. The Hall–Kier alpha value is -3.28. The zero-order chi connectivity index (χ0) is 21.3. The van der Waals surface area contributed by atoms with Gasteiger partial charge in [0.1, 0.15) is 0 Å². The van der Waals surface area contributed by atoms with Gasteiger partial charge in [0, 0.05) is 30.6 Å². The van der Waals surface area contributed by atoms with E-state index in [4.69, 9.17) is 9.47 Å². The SMILES string of the molecule is CCC(=O)Nc1ccc2c(c1)C1C=CCC1C(c1ccc(OC(C)=O)c(OC)c1)N2. The van der Waals surface area contributed by atoms with E-state index in [1.165, 1.54) is 12.5 Å². The fourth-order valence-electron chi connectivity index (χ4n) is 4.37. The molecule has 0 fully saturated rings. The summed E-state index contributed by atoms with van der Waals surface area (Å²) < 4.78 is 10.7. The highest BCUT2D eigenvalue weighted by atomic mass is 16.6. The minimum absolute atomic E-state index is 0.00933. The van der Waals surface area contributed by atoms with Gasteiger partial charge in [0.05, 0.1) is 13.2 Å². The van der Waals surface area contributed by atoms with Crippen molar-refractivity contribution in [2.24, 2.45) is 5.92 Å². The van der Waals surface area contributed by atoms with Crippen molar-refractivity contribution in [1.29, 1.82) is 0 Å². The molecule has 1 amide bonds. The lowest BCUT2D eigenvalue weighted by atomic mass is 9.77. The van der Waals surface area contributed by atoms with Crippen LogP contribution in [-0.2, 0) is 9.59 Å². The van der Waals surface area contributed by atoms with Gasteiger partial charge in [-0.15, -0.1) is 0 Å². The number of amides is 1. The van der Waals surface area contributed by atoms with E-state index in [1.807, 2.05) is 31.2 Å². The van der Waals surface area contributed by atoms with E-state index in [1.54, 1.807) is 13.2 Å². The number of nitrogens with one attached hydrogen (secondary N) is 2. The minimum atomic E-state index is -0.378. The number of carbonyl (C=O) groups excluding carboxylic acids is 2. The second kappa shape index (κ2) is 8.22. The largest absolute Gasteiger partial charge is 0.493 e. The lowest BCUT2D eigenvalue weighted by Crippen LogP contribution is -2.29. The average Bonchev–Trinajstić information content (AvgIpc) is 3.23. The Morgan fingerprint density at radius 3 is 2.73 bits per heavy atom. The quantitative estimate of drug-likeness (QED) is 0.424. The number of esters is 1. The first kappa shape index (κ1) is 20.0. The standard InChI is InChI=1S/C24H26N2O4/c1-4-23(28)25-16-9-10-20-19(13-16)17-6-5-7-18(17)24(26-20)15-8-11-21(30-14(2)27)22(12-15)29-3/h5-6,8-13,17-18,24,26H,4,7H2,1-3H3,(H,25,28). The van der Waals surface area contributed by atoms with Crippen LogP contribution in [0.3, 0.4) is 0 Å². The number of allylic oxidation sites excluding steroid dienone is 2. The summed E-state index contributed by atoms with van der Waals surface area (Å²) in [7, 11) is 1.57. The molecular formula is C24H26N2O4. The molecule has 0 aromatic heterocycles. The van der Waals surface area contributed by atoms with Crippen LogP contribution in [0.4, 0.5) is 11.4 Å². The molecule has 2 aromatic rings. The van der Waals surface area contributed by atoms with Crippen molar-refractivity contribution in [2.45, 2.75) is 38.6 Å². The summed E-state index contributed by atoms with van der Waals surface area (Å²) in [5.74, 6) is 1.20. The predicted molar refractivity (Wildman–Crippen MR) is 116 cm³/mol. The summed E-state index contributed by atoms with van der Waals surface area (Å²) in [4.78, 5) is 23.1. The van der Waals surface area contributed by atoms with Gasteiger partial charge in [0.2, 0.25) is 5.91 Å². The van der Waals surface area contributed by atoms with E-state index < -0.39 is 0 Å². The maximum atomic E-state index is 11.8. The lowest BCUT2D eigenvalue weighted by Gasteiger charge is -2.38. The van der Waals surface area contributed by atoms with E-state index in [9.17, 15) is 9.59 Å². The Kier molecular flexibility index (Phi) is 5.48. The Morgan fingerprint density at radius 1 is 1.17 bits per heavy atom. The van der Waals surface area contributed by atoms with Crippen molar-refractivity contribution in [2.75, 3.05) is 17.7 Å². The molecular weight excluding hydrogens is 380 g/mol. The molecule has 3 atom stereocenters. The first-order chi connectivity index (χ1) is 14.5. The molecule has 3 unspecified atom stereocenters. The average molecular weight is 406 g/mol. The van der Waals surface area contributed by atoms with Crippen LogP contribution < -0.4 is 20.1 Å².